The molecule has 0 atom stereocenters. The Kier molecular flexibility index (Phi) is 1.65. The van der Waals surface area contributed by atoms with E-state index < -0.39 is 12.7 Å². The zero-order valence-corrected chi connectivity index (χ0v) is 4.97. The van der Waals surface area contributed by atoms with Gasteiger partial charge in [-0.3, -0.25) is 4.68 Å². The van der Waals surface area contributed by atoms with Gasteiger partial charge in [0.25, 0.3) is 0 Å². The minimum absolute atomic E-state index is 0.833. The first-order valence-electron chi connectivity index (χ1n) is 2.62. The standard InChI is InChI=1S/C5H5F3N2/c6-5(7,8)4-10-3-1-2-9-10/h1-3H,4H2. The summed E-state index contributed by atoms with van der Waals surface area (Å²) in [4.78, 5) is 0. The van der Waals surface area contributed by atoms with Crippen LogP contribution in [-0.2, 0) is 6.54 Å². The number of rotatable bonds is 1. The van der Waals surface area contributed by atoms with Crippen LogP contribution in [0.4, 0.5) is 13.2 Å². The summed E-state index contributed by atoms with van der Waals surface area (Å²) in [7, 11) is 0. The third-order valence-electron chi connectivity index (χ3n) is 0.900. The summed E-state index contributed by atoms with van der Waals surface area (Å²) in [6.07, 6.45) is -1.59. The van der Waals surface area contributed by atoms with Crippen LogP contribution in [0.5, 0.6) is 0 Å². The summed E-state index contributed by atoms with van der Waals surface area (Å²) in [6.45, 7) is -1.01. The predicted octanol–water partition coefficient (Wildman–Crippen LogP) is 1.45. The van der Waals surface area contributed by atoms with Gasteiger partial charge in [-0.25, -0.2) is 0 Å². The van der Waals surface area contributed by atoms with Crippen LogP contribution in [0, 0.1) is 0 Å². The summed E-state index contributed by atoms with van der Waals surface area (Å²) < 4.78 is 35.5. The van der Waals surface area contributed by atoms with E-state index in [1.165, 1.54) is 18.5 Å². The van der Waals surface area contributed by atoms with Crippen molar-refractivity contribution in [1.82, 2.24) is 9.78 Å². The smallest absolute Gasteiger partial charge is 0.264 e. The van der Waals surface area contributed by atoms with E-state index in [-0.39, 0.29) is 0 Å². The largest absolute Gasteiger partial charge is 0.408 e. The van der Waals surface area contributed by atoms with Crippen LogP contribution in [0.25, 0.3) is 0 Å². The van der Waals surface area contributed by atoms with Gasteiger partial charge in [0.1, 0.15) is 6.54 Å². The monoisotopic (exact) mass is 150 g/mol. The Bertz CT molecular complexity index is 189. The molecular formula is C5H5F3N2. The van der Waals surface area contributed by atoms with Crippen LogP contribution in [0.3, 0.4) is 0 Å². The molecule has 0 bridgehead atoms. The highest BCUT2D eigenvalue weighted by Crippen LogP contribution is 2.16. The van der Waals surface area contributed by atoms with Crippen molar-refractivity contribution in [3.8, 4) is 0 Å². The molecule has 2 nitrogen and oxygen atoms in total. The van der Waals surface area contributed by atoms with Gasteiger partial charge in [0.15, 0.2) is 0 Å². The van der Waals surface area contributed by atoms with Crippen molar-refractivity contribution >= 4 is 0 Å². The van der Waals surface area contributed by atoms with Gasteiger partial charge in [-0.1, -0.05) is 0 Å². The highest BCUT2D eigenvalue weighted by molar-refractivity contribution is 4.78. The third-order valence-corrected chi connectivity index (χ3v) is 0.900. The Morgan fingerprint density at radius 2 is 2.10 bits per heavy atom. The normalized spacial score (nSPS) is 11.9. The molecule has 1 aromatic rings. The summed E-state index contributed by atoms with van der Waals surface area (Å²) in [6, 6.07) is 1.45. The quantitative estimate of drug-likeness (QED) is 0.592. The van der Waals surface area contributed by atoms with Gasteiger partial charge in [0, 0.05) is 12.4 Å². The van der Waals surface area contributed by atoms with E-state index in [9.17, 15) is 13.2 Å². The Hall–Kier alpha value is -1.00. The van der Waals surface area contributed by atoms with Crippen molar-refractivity contribution in [2.75, 3.05) is 0 Å². The number of nitrogens with zero attached hydrogens (tertiary/aromatic N) is 2. The second-order valence-corrected chi connectivity index (χ2v) is 1.82. The fourth-order valence-corrected chi connectivity index (χ4v) is 0.578. The Morgan fingerprint density at radius 1 is 1.40 bits per heavy atom. The van der Waals surface area contributed by atoms with Crippen molar-refractivity contribution in [1.29, 1.82) is 0 Å². The van der Waals surface area contributed by atoms with Gasteiger partial charge in [-0.15, -0.1) is 0 Å². The van der Waals surface area contributed by atoms with Crippen LogP contribution in [0.15, 0.2) is 18.5 Å². The number of hydrogen-bond acceptors (Lipinski definition) is 1. The number of halogens is 3. The van der Waals surface area contributed by atoms with Crippen LogP contribution >= 0.6 is 0 Å². The molecule has 0 fully saturated rings. The molecule has 10 heavy (non-hydrogen) atoms. The molecule has 0 unspecified atom stereocenters. The molecule has 0 N–H and O–H groups in total. The Labute approximate surface area is 55.3 Å². The van der Waals surface area contributed by atoms with Crippen molar-refractivity contribution < 1.29 is 13.2 Å². The van der Waals surface area contributed by atoms with E-state index in [1.54, 1.807) is 0 Å². The maximum Gasteiger partial charge on any atom is 0.408 e. The van der Waals surface area contributed by atoms with Crippen molar-refractivity contribution in [3.63, 3.8) is 0 Å². The van der Waals surface area contributed by atoms with E-state index in [0.717, 1.165) is 4.68 Å². The zero-order chi connectivity index (χ0) is 7.61. The van der Waals surface area contributed by atoms with Crippen LogP contribution in [-0.4, -0.2) is 16.0 Å². The first-order valence-corrected chi connectivity index (χ1v) is 2.62. The maximum atomic E-state index is 11.6. The highest BCUT2D eigenvalue weighted by Gasteiger charge is 2.27. The lowest BCUT2D eigenvalue weighted by atomic mass is 10.6. The summed E-state index contributed by atoms with van der Waals surface area (Å²) in [5, 5.41) is 3.40. The fourth-order valence-electron chi connectivity index (χ4n) is 0.578. The molecular weight excluding hydrogens is 145 g/mol. The van der Waals surface area contributed by atoms with Gasteiger partial charge in [0.2, 0.25) is 0 Å². The minimum Gasteiger partial charge on any atom is -0.264 e. The van der Waals surface area contributed by atoms with E-state index in [0.29, 0.717) is 0 Å². The molecule has 5 heteroatoms. The molecule has 0 aliphatic carbocycles. The van der Waals surface area contributed by atoms with Gasteiger partial charge in [-0.05, 0) is 6.07 Å². The predicted molar refractivity (Wildman–Crippen MR) is 28.3 cm³/mol. The van der Waals surface area contributed by atoms with Crippen molar-refractivity contribution in [3.05, 3.63) is 18.5 Å². The molecule has 0 radical (unpaired) electrons. The second-order valence-electron chi connectivity index (χ2n) is 1.82. The van der Waals surface area contributed by atoms with Gasteiger partial charge < -0.3 is 0 Å². The molecule has 0 spiro atoms. The van der Waals surface area contributed by atoms with Gasteiger partial charge in [0.05, 0.1) is 0 Å². The Morgan fingerprint density at radius 3 is 2.50 bits per heavy atom. The lowest BCUT2D eigenvalue weighted by molar-refractivity contribution is -0.142. The van der Waals surface area contributed by atoms with E-state index in [2.05, 4.69) is 5.10 Å². The molecule has 1 aromatic heterocycles. The van der Waals surface area contributed by atoms with E-state index in [4.69, 9.17) is 0 Å². The fraction of sp³-hybridized carbons (Fsp3) is 0.400. The summed E-state index contributed by atoms with van der Waals surface area (Å²) >= 11 is 0. The molecule has 0 aliphatic rings. The lowest BCUT2D eigenvalue weighted by Gasteiger charge is -2.04. The van der Waals surface area contributed by atoms with Crippen molar-refractivity contribution in [2.24, 2.45) is 0 Å². The van der Waals surface area contributed by atoms with Crippen LogP contribution in [0.2, 0.25) is 0 Å². The number of hydrogen-bond donors (Lipinski definition) is 0. The Balaban J connectivity index is 2.57. The van der Waals surface area contributed by atoms with E-state index >= 15 is 0 Å². The topological polar surface area (TPSA) is 17.8 Å². The second kappa shape index (κ2) is 2.32. The molecule has 0 aliphatic heterocycles. The molecule has 1 rings (SSSR count). The molecule has 56 valence electrons. The number of alkyl halides is 3. The maximum absolute atomic E-state index is 11.6. The minimum atomic E-state index is -4.17. The molecule has 0 saturated carbocycles. The lowest BCUT2D eigenvalue weighted by Crippen LogP contribution is -2.17. The van der Waals surface area contributed by atoms with Crippen LogP contribution < -0.4 is 0 Å². The summed E-state index contributed by atoms with van der Waals surface area (Å²) in [5.74, 6) is 0. The molecule has 0 amide bonds. The average molecular weight is 150 g/mol. The van der Waals surface area contributed by atoms with E-state index in [1.807, 2.05) is 0 Å². The third kappa shape index (κ3) is 2.08. The molecule has 0 saturated heterocycles. The van der Waals surface area contributed by atoms with Crippen molar-refractivity contribution in [2.45, 2.75) is 12.7 Å². The first kappa shape index (κ1) is 7.11. The van der Waals surface area contributed by atoms with Gasteiger partial charge >= 0.3 is 6.18 Å². The first-order chi connectivity index (χ1) is 4.58. The molecule has 0 aromatic carbocycles. The van der Waals surface area contributed by atoms with Gasteiger partial charge in [-0.2, -0.15) is 18.3 Å². The number of aromatic nitrogens is 2. The summed E-state index contributed by atoms with van der Waals surface area (Å²) in [5.41, 5.74) is 0. The zero-order valence-electron chi connectivity index (χ0n) is 4.97. The average Bonchev–Trinajstić information content (AvgIpc) is 2.12. The highest BCUT2D eigenvalue weighted by atomic mass is 19.4. The molecule has 1 heterocycles. The van der Waals surface area contributed by atoms with Crippen LogP contribution in [0.1, 0.15) is 0 Å². The SMILES string of the molecule is FC(F)(F)Cn1cccn1.